The van der Waals surface area contributed by atoms with Crippen LogP contribution in [-0.2, 0) is 9.53 Å². The molecule has 29 heavy (non-hydrogen) atoms. The lowest BCUT2D eigenvalue weighted by Crippen LogP contribution is -2.56. The number of nitrogens with one attached hydrogen (secondary N) is 1. The van der Waals surface area contributed by atoms with Crippen molar-refractivity contribution in [2.75, 3.05) is 11.5 Å². The molecule has 1 aromatic heterocycles. The number of amides is 1. The Hall–Kier alpha value is -2.06. The molecule has 0 radical (unpaired) electrons. The predicted octanol–water partition coefficient (Wildman–Crippen LogP) is 4.36. The van der Waals surface area contributed by atoms with E-state index in [0.717, 1.165) is 29.8 Å². The lowest BCUT2D eigenvalue weighted by atomic mass is 9.88. The molecule has 1 N–H and O–H groups in total. The minimum absolute atomic E-state index is 0.0629. The third kappa shape index (κ3) is 6.21. The Kier molecular flexibility index (Phi) is 7.35. The second-order valence-electron chi connectivity index (χ2n) is 9.78. The summed E-state index contributed by atoms with van der Waals surface area (Å²) in [6.45, 7) is 14.5. The van der Waals surface area contributed by atoms with Crippen LogP contribution >= 0.6 is 0 Å². The third-order valence-corrected chi connectivity index (χ3v) is 5.48. The minimum Gasteiger partial charge on any atom is -0.376 e. The van der Waals surface area contributed by atoms with E-state index in [0.29, 0.717) is 19.1 Å². The van der Waals surface area contributed by atoms with Gasteiger partial charge < -0.3 is 15.0 Å². The Bertz CT molecular complexity index is 754. The van der Waals surface area contributed by atoms with Gasteiger partial charge in [-0.2, -0.15) is 0 Å². The number of pyridine rings is 1. The first-order valence-electron chi connectivity index (χ1n) is 10.6. The highest BCUT2D eigenvalue weighted by Gasteiger charge is 2.35. The number of terminal acetylenes is 1. The fourth-order valence-corrected chi connectivity index (χ4v) is 3.39. The molecule has 1 amide bonds. The van der Waals surface area contributed by atoms with Gasteiger partial charge in [-0.05, 0) is 71.4 Å². The zero-order valence-corrected chi connectivity index (χ0v) is 19.1. The van der Waals surface area contributed by atoms with E-state index in [1.807, 2.05) is 54.7 Å². The molecular weight excluding hydrogens is 362 g/mol. The van der Waals surface area contributed by atoms with Crippen LogP contribution in [0, 0.1) is 31.6 Å². The average Bonchev–Trinajstić information content (AvgIpc) is 2.55. The van der Waals surface area contributed by atoms with Crippen molar-refractivity contribution in [2.45, 2.75) is 92.0 Å². The Labute approximate surface area is 176 Å². The number of aryl methyl sites for hydroxylation is 2. The van der Waals surface area contributed by atoms with Crippen LogP contribution < -0.4 is 10.2 Å². The van der Waals surface area contributed by atoms with E-state index >= 15 is 0 Å². The molecule has 0 aliphatic heterocycles. The van der Waals surface area contributed by atoms with Gasteiger partial charge in [-0.3, -0.25) is 4.79 Å². The van der Waals surface area contributed by atoms with E-state index in [1.165, 1.54) is 6.42 Å². The van der Waals surface area contributed by atoms with Crippen LogP contribution in [0.1, 0.15) is 71.4 Å². The normalized spacial score (nSPS) is 15.9. The summed E-state index contributed by atoms with van der Waals surface area (Å²) in [5.74, 6) is 3.59. The number of hydrogen-bond donors (Lipinski definition) is 1. The quantitative estimate of drug-likeness (QED) is 0.521. The monoisotopic (exact) mass is 399 g/mol. The maximum absolute atomic E-state index is 13.1. The maximum Gasteiger partial charge on any atom is 0.228 e. The van der Waals surface area contributed by atoms with Gasteiger partial charge in [0, 0.05) is 24.3 Å². The highest BCUT2D eigenvalue weighted by atomic mass is 16.5. The molecule has 0 spiro atoms. The molecule has 0 saturated heterocycles. The van der Waals surface area contributed by atoms with Gasteiger partial charge in [0.1, 0.15) is 5.82 Å². The molecule has 5 heteroatoms. The molecule has 1 heterocycles. The van der Waals surface area contributed by atoms with E-state index in [9.17, 15) is 4.79 Å². The van der Waals surface area contributed by atoms with E-state index in [2.05, 4.69) is 27.2 Å². The van der Waals surface area contributed by atoms with Crippen molar-refractivity contribution in [1.29, 1.82) is 0 Å². The average molecular weight is 400 g/mol. The Balaban J connectivity index is 2.16. The molecule has 1 aromatic rings. The Morgan fingerprint density at radius 2 is 2.00 bits per heavy atom. The summed E-state index contributed by atoms with van der Waals surface area (Å²) in [5.41, 5.74) is 1.38. The SMILES string of the molecule is C#CC(NC(=O)C(C)(C)CCOC(C)(C)C)N(c1ncc(C)cc1C)C1CCC1. The summed E-state index contributed by atoms with van der Waals surface area (Å²) in [5, 5.41) is 3.10. The number of anilines is 1. The molecular formula is C24H37N3O2. The second-order valence-corrected chi connectivity index (χ2v) is 9.78. The highest BCUT2D eigenvalue weighted by Crippen LogP contribution is 2.32. The zero-order chi connectivity index (χ0) is 21.8. The van der Waals surface area contributed by atoms with Crippen molar-refractivity contribution in [3.63, 3.8) is 0 Å². The topological polar surface area (TPSA) is 54.5 Å². The molecule has 160 valence electrons. The molecule has 2 rings (SSSR count). The maximum atomic E-state index is 13.1. The number of aromatic nitrogens is 1. The molecule has 0 bridgehead atoms. The smallest absolute Gasteiger partial charge is 0.228 e. The van der Waals surface area contributed by atoms with Crippen molar-refractivity contribution in [3.05, 3.63) is 23.4 Å². The molecule has 1 unspecified atom stereocenters. The van der Waals surface area contributed by atoms with E-state index < -0.39 is 11.6 Å². The van der Waals surface area contributed by atoms with Gasteiger partial charge in [0.15, 0.2) is 6.17 Å². The van der Waals surface area contributed by atoms with Crippen LogP contribution in [0.5, 0.6) is 0 Å². The summed E-state index contributed by atoms with van der Waals surface area (Å²) < 4.78 is 5.81. The van der Waals surface area contributed by atoms with Crippen LogP contribution in [-0.4, -0.2) is 35.3 Å². The fourth-order valence-electron chi connectivity index (χ4n) is 3.39. The molecule has 0 aromatic carbocycles. The molecule has 1 fully saturated rings. The van der Waals surface area contributed by atoms with Crippen molar-refractivity contribution < 1.29 is 9.53 Å². The largest absolute Gasteiger partial charge is 0.376 e. The minimum atomic E-state index is -0.582. The standard InChI is InChI=1S/C24H37N3O2/c1-9-20(26-22(28)24(7,8)13-14-29-23(4,5)6)27(19-11-10-12-19)21-18(3)15-17(2)16-25-21/h1,15-16,19-20H,10-14H2,2-8H3,(H,26,28). The van der Waals surface area contributed by atoms with Crippen LogP contribution in [0.2, 0.25) is 0 Å². The first-order valence-corrected chi connectivity index (χ1v) is 10.6. The zero-order valence-electron chi connectivity index (χ0n) is 19.1. The number of nitrogens with zero attached hydrogens (tertiary/aromatic N) is 2. The lowest BCUT2D eigenvalue weighted by molar-refractivity contribution is -0.131. The van der Waals surface area contributed by atoms with Crippen molar-refractivity contribution in [3.8, 4) is 12.3 Å². The third-order valence-electron chi connectivity index (χ3n) is 5.48. The summed E-state index contributed by atoms with van der Waals surface area (Å²) in [4.78, 5) is 19.9. The fraction of sp³-hybridized carbons (Fsp3) is 0.667. The molecule has 1 aliphatic carbocycles. The van der Waals surface area contributed by atoms with Crippen molar-refractivity contribution >= 4 is 11.7 Å². The summed E-state index contributed by atoms with van der Waals surface area (Å²) >= 11 is 0. The van der Waals surface area contributed by atoms with Gasteiger partial charge in [0.05, 0.1) is 5.60 Å². The summed E-state index contributed by atoms with van der Waals surface area (Å²) in [6, 6.07) is 2.41. The van der Waals surface area contributed by atoms with E-state index in [-0.39, 0.29) is 11.5 Å². The summed E-state index contributed by atoms with van der Waals surface area (Å²) in [6.07, 6.45) is 11.2. The number of ether oxygens (including phenoxy) is 1. The lowest BCUT2D eigenvalue weighted by Gasteiger charge is -2.43. The van der Waals surface area contributed by atoms with Crippen LogP contribution in [0.4, 0.5) is 5.82 Å². The van der Waals surface area contributed by atoms with Crippen LogP contribution in [0.3, 0.4) is 0 Å². The number of carbonyl (C=O) groups excluding carboxylic acids is 1. The molecule has 1 atom stereocenters. The Morgan fingerprint density at radius 1 is 1.34 bits per heavy atom. The molecule has 1 saturated carbocycles. The van der Waals surface area contributed by atoms with Gasteiger partial charge in [-0.1, -0.05) is 25.8 Å². The van der Waals surface area contributed by atoms with Crippen molar-refractivity contribution in [2.24, 2.45) is 5.41 Å². The molecule has 1 aliphatic rings. The van der Waals surface area contributed by atoms with Gasteiger partial charge in [-0.15, -0.1) is 6.42 Å². The number of hydrogen-bond acceptors (Lipinski definition) is 4. The van der Waals surface area contributed by atoms with Crippen molar-refractivity contribution in [1.82, 2.24) is 10.3 Å². The van der Waals surface area contributed by atoms with Gasteiger partial charge >= 0.3 is 0 Å². The first-order chi connectivity index (χ1) is 13.4. The Morgan fingerprint density at radius 3 is 2.48 bits per heavy atom. The van der Waals surface area contributed by atoms with Gasteiger partial charge in [0.25, 0.3) is 0 Å². The second kappa shape index (κ2) is 9.17. The van der Waals surface area contributed by atoms with Crippen LogP contribution in [0.15, 0.2) is 12.3 Å². The number of rotatable bonds is 8. The summed E-state index contributed by atoms with van der Waals surface area (Å²) in [7, 11) is 0. The van der Waals surface area contributed by atoms with Gasteiger partial charge in [0.2, 0.25) is 5.91 Å². The molecule has 5 nitrogen and oxygen atoms in total. The first kappa shape index (κ1) is 23.2. The number of carbonyl (C=O) groups is 1. The van der Waals surface area contributed by atoms with E-state index in [4.69, 9.17) is 11.2 Å². The highest BCUT2D eigenvalue weighted by molar-refractivity contribution is 5.82. The van der Waals surface area contributed by atoms with Crippen LogP contribution in [0.25, 0.3) is 0 Å². The predicted molar refractivity (Wildman–Crippen MR) is 119 cm³/mol. The van der Waals surface area contributed by atoms with Gasteiger partial charge in [-0.25, -0.2) is 4.98 Å². The van der Waals surface area contributed by atoms with E-state index in [1.54, 1.807) is 0 Å².